The number of carbonyl (C=O) groups is 1. The van der Waals surface area contributed by atoms with Crippen LogP contribution in [-0.4, -0.2) is 47.3 Å². The first-order valence-corrected chi connectivity index (χ1v) is 7.50. The highest BCUT2D eigenvalue weighted by Crippen LogP contribution is 2.37. The van der Waals surface area contributed by atoms with E-state index in [1.54, 1.807) is 19.0 Å². The average Bonchev–Trinajstić information content (AvgIpc) is 2.51. The first-order chi connectivity index (χ1) is 11.6. The van der Waals surface area contributed by atoms with Gasteiger partial charge in [0.05, 0.1) is 17.4 Å². The molecule has 1 atom stereocenters. The number of benzene rings is 1. The summed E-state index contributed by atoms with van der Waals surface area (Å²) < 4.78 is 39.5. The van der Waals surface area contributed by atoms with E-state index in [0.717, 1.165) is 12.4 Å². The molecule has 134 valence electrons. The van der Waals surface area contributed by atoms with E-state index >= 15 is 0 Å². The number of fused-ring (bicyclic) bond motifs is 1. The van der Waals surface area contributed by atoms with Gasteiger partial charge in [-0.05, 0) is 19.1 Å². The smallest absolute Gasteiger partial charge is 0.369 e. The van der Waals surface area contributed by atoms with Gasteiger partial charge >= 0.3 is 6.18 Å². The number of amides is 1. The monoisotopic (exact) mass is 373 g/mol. The SMILES string of the molecule is C[C@H](Nc1ncnc2c(C(F)(F)F)cc(Cl)cc12)C(=O)/N=C/N(C)C. The van der Waals surface area contributed by atoms with Crippen LogP contribution in [0.5, 0.6) is 0 Å². The summed E-state index contributed by atoms with van der Waals surface area (Å²) in [4.78, 5) is 24.9. The summed E-state index contributed by atoms with van der Waals surface area (Å²) in [5.41, 5.74) is -1.27. The predicted octanol–water partition coefficient (Wildman–Crippen LogP) is 3.22. The quantitative estimate of drug-likeness (QED) is 0.658. The molecule has 0 spiro atoms. The highest BCUT2D eigenvalue weighted by molar-refractivity contribution is 6.31. The molecule has 1 amide bonds. The van der Waals surface area contributed by atoms with Crippen LogP contribution in [0.4, 0.5) is 19.0 Å². The minimum Gasteiger partial charge on any atom is -0.369 e. The zero-order chi connectivity index (χ0) is 18.8. The third-order valence-electron chi connectivity index (χ3n) is 3.15. The molecular formula is C15H15ClF3N5O. The molecule has 0 saturated carbocycles. The number of nitrogens with zero attached hydrogens (tertiary/aromatic N) is 4. The maximum absolute atomic E-state index is 13.2. The first kappa shape index (κ1) is 18.9. The molecule has 0 aliphatic carbocycles. The molecule has 10 heteroatoms. The average molecular weight is 374 g/mol. The predicted molar refractivity (Wildman–Crippen MR) is 89.8 cm³/mol. The van der Waals surface area contributed by atoms with E-state index in [-0.39, 0.29) is 21.7 Å². The fraction of sp³-hybridized carbons (Fsp3) is 0.333. The van der Waals surface area contributed by atoms with Gasteiger partial charge in [-0.2, -0.15) is 13.2 Å². The van der Waals surface area contributed by atoms with Gasteiger partial charge in [-0.15, -0.1) is 0 Å². The van der Waals surface area contributed by atoms with Gasteiger partial charge < -0.3 is 10.2 Å². The Morgan fingerprint density at radius 3 is 2.64 bits per heavy atom. The van der Waals surface area contributed by atoms with E-state index in [2.05, 4.69) is 20.3 Å². The Morgan fingerprint density at radius 1 is 1.36 bits per heavy atom. The van der Waals surface area contributed by atoms with Crippen molar-refractivity contribution in [1.82, 2.24) is 14.9 Å². The number of rotatable bonds is 4. The number of hydrogen-bond donors (Lipinski definition) is 1. The third kappa shape index (κ3) is 4.56. The maximum Gasteiger partial charge on any atom is 0.418 e. The van der Waals surface area contributed by atoms with Crippen LogP contribution < -0.4 is 5.32 Å². The number of halogens is 4. The molecule has 0 radical (unpaired) electrons. The number of hydrogen-bond acceptors (Lipinski definition) is 4. The van der Waals surface area contributed by atoms with Crippen LogP contribution >= 0.6 is 11.6 Å². The lowest BCUT2D eigenvalue weighted by atomic mass is 10.1. The number of carbonyl (C=O) groups excluding carboxylic acids is 1. The third-order valence-corrected chi connectivity index (χ3v) is 3.37. The van der Waals surface area contributed by atoms with Crippen LogP contribution in [0.1, 0.15) is 12.5 Å². The van der Waals surface area contributed by atoms with Crippen molar-refractivity contribution in [3.8, 4) is 0 Å². The van der Waals surface area contributed by atoms with Crippen LogP contribution in [0.25, 0.3) is 10.9 Å². The molecule has 25 heavy (non-hydrogen) atoms. The Hall–Kier alpha value is -2.42. The van der Waals surface area contributed by atoms with Crippen LogP contribution in [0.15, 0.2) is 23.5 Å². The lowest BCUT2D eigenvalue weighted by Crippen LogP contribution is -2.26. The normalized spacial score (nSPS) is 13.2. The van der Waals surface area contributed by atoms with Gasteiger partial charge in [0, 0.05) is 24.5 Å². The van der Waals surface area contributed by atoms with Gasteiger partial charge in [-0.3, -0.25) is 4.79 Å². The van der Waals surface area contributed by atoms with Crippen LogP contribution in [0.2, 0.25) is 5.02 Å². The van der Waals surface area contributed by atoms with Crippen molar-refractivity contribution in [2.24, 2.45) is 4.99 Å². The topological polar surface area (TPSA) is 70.5 Å². The van der Waals surface area contributed by atoms with Gasteiger partial charge in [0.25, 0.3) is 5.91 Å². The number of aromatic nitrogens is 2. The van der Waals surface area contributed by atoms with Gasteiger partial charge in [-0.1, -0.05) is 11.6 Å². The Kier molecular flexibility index (Phi) is 5.46. The van der Waals surface area contributed by atoms with Gasteiger partial charge in [0.2, 0.25) is 0 Å². The van der Waals surface area contributed by atoms with E-state index in [1.807, 2.05) is 0 Å². The summed E-state index contributed by atoms with van der Waals surface area (Å²) in [6, 6.07) is 1.31. The second kappa shape index (κ2) is 7.22. The molecule has 2 aromatic rings. The molecule has 0 unspecified atom stereocenters. The van der Waals surface area contributed by atoms with Gasteiger partial charge in [0.1, 0.15) is 18.2 Å². The van der Waals surface area contributed by atoms with Crippen molar-refractivity contribution in [1.29, 1.82) is 0 Å². The molecule has 1 aromatic carbocycles. The Labute approximate surface area is 146 Å². The number of anilines is 1. The van der Waals surface area contributed by atoms with E-state index < -0.39 is 23.7 Å². The second-order valence-electron chi connectivity index (χ2n) is 5.48. The zero-order valence-electron chi connectivity index (χ0n) is 13.6. The Bertz CT molecular complexity index is 823. The fourth-order valence-electron chi connectivity index (χ4n) is 2.01. The highest BCUT2D eigenvalue weighted by Gasteiger charge is 2.34. The lowest BCUT2D eigenvalue weighted by molar-refractivity contribution is -0.136. The molecule has 1 aromatic heterocycles. The van der Waals surface area contributed by atoms with Gasteiger partial charge in [0.15, 0.2) is 0 Å². The molecule has 1 heterocycles. The standard InChI is InChI=1S/C15H15ClF3N5O/c1-8(14(25)22-7-24(2)3)23-13-10-4-9(16)5-11(15(17,18)19)12(10)20-6-21-13/h4-8H,1-3H3,(H,20,21,23)/b22-7+/t8-/m0/s1. The number of aliphatic imine (C=N–C) groups is 1. The van der Waals surface area contributed by atoms with Crippen LogP contribution in [0.3, 0.4) is 0 Å². The number of alkyl halides is 3. The molecule has 0 bridgehead atoms. The van der Waals surface area contributed by atoms with E-state index in [0.29, 0.717) is 0 Å². The van der Waals surface area contributed by atoms with Crippen molar-refractivity contribution in [3.63, 3.8) is 0 Å². The van der Waals surface area contributed by atoms with Crippen molar-refractivity contribution < 1.29 is 18.0 Å². The molecule has 2 rings (SSSR count). The molecule has 6 nitrogen and oxygen atoms in total. The first-order valence-electron chi connectivity index (χ1n) is 7.12. The van der Waals surface area contributed by atoms with Crippen LogP contribution in [0, 0.1) is 0 Å². The van der Waals surface area contributed by atoms with E-state index in [1.165, 1.54) is 19.3 Å². The summed E-state index contributed by atoms with van der Waals surface area (Å²) in [7, 11) is 3.40. The minimum absolute atomic E-state index is 0.0681. The largest absolute Gasteiger partial charge is 0.418 e. The molecule has 0 aliphatic heterocycles. The summed E-state index contributed by atoms with van der Waals surface area (Å²) in [5, 5.41) is 2.71. The fourth-order valence-corrected chi connectivity index (χ4v) is 2.23. The second-order valence-corrected chi connectivity index (χ2v) is 5.92. The van der Waals surface area contributed by atoms with Crippen molar-refractivity contribution in [2.45, 2.75) is 19.1 Å². The minimum atomic E-state index is -4.62. The highest BCUT2D eigenvalue weighted by atomic mass is 35.5. The summed E-state index contributed by atoms with van der Waals surface area (Å²) in [5.74, 6) is -0.433. The van der Waals surface area contributed by atoms with Crippen LogP contribution in [-0.2, 0) is 11.0 Å². The Morgan fingerprint density at radius 2 is 2.04 bits per heavy atom. The van der Waals surface area contributed by atoms with Crippen molar-refractivity contribution >= 4 is 40.6 Å². The summed E-state index contributed by atoms with van der Waals surface area (Å²) >= 11 is 5.81. The molecule has 0 aliphatic rings. The molecule has 0 saturated heterocycles. The molecular weight excluding hydrogens is 359 g/mol. The molecule has 1 N–H and O–H groups in total. The van der Waals surface area contributed by atoms with E-state index in [9.17, 15) is 18.0 Å². The summed E-state index contributed by atoms with van der Waals surface area (Å²) in [6.45, 7) is 1.53. The lowest BCUT2D eigenvalue weighted by Gasteiger charge is -2.15. The van der Waals surface area contributed by atoms with Crippen molar-refractivity contribution in [2.75, 3.05) is 19.4 Å². The molecule has 0 fully saturated rings. The summed E-state index contributed by atoms with van der Waals surface area (Å²) in [6.07, 6.45) is -2.29. The van der Waals surface area contributed by atoms with Crippen molar-refractivity contribution in [3.05, 3.63) is 29.0 Å². The maximum atomic E-state index is 13.2. The van der Waals surface area contributed by atoms with Gasteiger partial charge in [-0.25, -0.2) is 15.0 Å². The number of nitrogens with one attached hydrogen (secondary N) is 1. The Balaban J connectivity index is 2.43. The zero-order valence-corrected chi connectivity index (χ0v) is 14.4. The van der Waals surface area contributed by atoms with E-state index in [4.69, 9.17) is 11.6 Å².